The quantitative estimate of drug-likeness (QED) is 0.516. The van der Waals surface area contributed by atoms with Gasteiger partial charge in [-0.3, -0.25) is 14.4 Å². The first-order chi connectivity index (χ1) is 18.1. The highest BCUT2D eigenvalue weighted by Crippen LogP contribution is 2.38. The van der Waals surface area contributed by atoms with Crippen LogP contribution in [0.15, 0.2) is 35.2 Å². The number of aromatic nitrogens is 2. The smallest absolute Gasteiger partial charge is 0.281 e. The van der Waals surface area contributed by atoms with E-state index in [9.17, 15) is 22.8 Å². The minimum Gasteiger partial charge on any atom is -0.337 e. The lowest BCUT2D eigenvalue weighted by Crippen LogP contribution is -2.34. The van der Waals surface area contributed by atoms with Crippen LogP contribution < -0.4 is 5.32 Å². The Bertz CT molecular complexity index is 1530. The van der Waals surface area contributed by atoms with Crippen molar-refractivity contribution in [1.82, 2.24) is 19.0 Å². The third kappa shape index (κ3) is 4.79. The molecule has 0 spiro atoms. The van der Waals surface area contributed by atoms with Crippen LogP contribution in [-0.2, 0) is 27.8 Å². The van der Waals surface area contributed by atoms with Crippen molar-refractivity contribution in [2.75, 3.05) is 25.0 Å². The first-order valence-electron chi connectivity index (χ1n) is 12.5. The minimum atomic E-state index is -3.59. The van der Waals surface area contributed by atoms with Gasteiger partial charge in [-0.15, -0.1) is 11.3 Å². The number of anilines is 1. The van der Waals surface area contributed by atoms with Gasteiger partial charge in [-0.1, -0.05) is 0 Å². The molecule has 2 amide bonds. The maximum atomic E-state index is 13.7. The molecule has 2 aliphatic heterocycles. The number of hydrogen-bond donors (Lipinski definition) is 1. The largest absolute Gasteiger partial charge is 0.337 e. The molecule has 200 valence electrons. The number of amides is 2. The summed E-state index contributed by atoms with van der Waals surface area (Å²) in [4.78, 5) is 41.6. The molecule has 0 atom stereocenters. The van der Waals surface area contributed by atoms with Crippen LogP contribution in [0.3, 0.4) is 0 Å². The summed E-state index contributed by atoms with van der Waals surface area (Å²) in [6.07, 6.45) is 2.17. The molecule has 4 heterocycles. The SMILES string of the molecule is CC(=O)N1CCc2c(sc(NC(=O)c3ccc(S(=O)(=O)N4CCCC4)cc3)c2C(=O)n2nc(C)cc2C)C1. The van der Waals surface area contributed by atoms with Crippen molar-refractivity contribution in [1.29, 1.82) is 0 Å². The van der Waals surface area contributed by atoms with Crippen LogP contribution >= 0.6 is 11.3 Å². The third-order valence-electron chi connectivity index (χ3n) is 6.96. The molecule has 1 N–H and O–H groups in total. The molecule has 0 aliphatic carbocycles. The fourth-order valence-corrected chi connectivity index (χ4v) is 7.73. The average Bonchev–Trinajstić information content (AvgIpc) is 3.62. The Labute approximate surface area is 225 Å². The number of benzene rings is 1. The fraction of sp³-hybridized carbons (Fsp3) is 0.385. The molecule has 1 fully saturated rings. The lowest BCUT2D eigenvalue weighted by atomic mass is 10.0. The van der Waals surface area contributed by atoms with Crippen LogP contribution in [0.1, 0.15) is 62.3 Å². The molecule has 0 bridgehead atoms. The van der Waals surface area contributed by atoms with Gasteiger partial charge in [0.15, 0.2) is 0 Å². The number of sulfonamides is 1. The fourth-order valence-electron chi connectivity index (χ4n) is 4.96. The Morgan fingerprint density at radius 1 is 1.03 bits per heavy atom. The Kier molecular flexibility index (Phi) is 6.97. The Morgan fingerprint density at radius 2 is 1.71 bits per heavy atom. The molecule has 1 saturated heterocycles. The van der Waals surface area contributed by atoms with Crippen molar-refractivity contribution >= 4 is 44.1 Å². The molecule has 5 rings (SSSR count). The van der Waals surface area contributed by atoms with Gasteiger partial charge in [0.1, 0.15) is 5.00 Å². The van der Waals surface area contributed by atoms with Crippen LogP contribution in [0.5, 0.6) is 0 Å². The highest BCUT2D eigenvalue weighted by atomic mass is 32.2. The summed E-state index contributed by atoms with van der Waals surface area (Å²) in [6, 6.07) is 7.64. The summed E-state index contributed by atoms with van der Waals surface area (Å²) >= 11 is 1.28. The standard InChI is InChI=1S/C26H29N5O5S2/c1-16-14-17(2)31(28-16)26(34)23-21-10-13-29(18(3)32)15-22(21)37-25(23)27-24(33)19-6-8-20(9-7-19)38(35,36)30-11-4-5-12-30/h6-9,14H,4-5,10-13,15H2,1-3H3,(H,27,33). The zero-order valence-electron chi connectivity index (χ0n) is 21.5. The van der Waals surface area contributed by atoms with E-state index in [4.69, 9.17) is 0 Å². The second-order valence-electron chi connectivity index (χ2n) is 9.63. The van der Waals surface area contributed by atoms with Crippen LogP contribution in [0.25, 0.3) is 0 Å². The zero-order valence-corrected chi connectivity index (χ0v) is 23.1. The average molecular weight is 556 g/mol. The number of fused-ring (bicyclic) bond motifs is 1. The maximum Gasteiger partial charge on any atom is 0.281 e. The number of rotatable bonds is 5. The topological polar surface area (TPSA) is 122 Å². The van der Waals surface area contributed by atoms with E-state index in [1.807, 2.05) is 6.07 Å². The van der Waals surface area contributed by atoms with E-state index in [2.05, 4.69) is 10.4 Å². The summed E-state index contributed by atoms with van der Waals surface area (Å²) in [5.41, 5.74) is 2.85. The van der Waals surface area contributed by atoms with Crippen LogP contribution in [0.4, 0.5) is 5.00 Å². The monoisotopic (exact) mass is 555 g/mol. The van der Waals surface area contributed by atoms with Gasteiger partial charge in [-0.2, -0.15) is 9.40 Å². The van der Waals surface area contributed by atoms with Crippen LogP contribution in [0, 0.1) is 13.8 Å². The Morgan fingerprint density at radius 3 is 2.32 bits per heavy atom. The van der Waals surface area contributed by atoms with Gasteiger partial charge in [0.05, 0.1) is 22.7 Å². The highest BCUT2D eigenvalue weighted by Gasteiger charge is 2.32. The predicted octanol–water partition coefficient (Wildman–Crippen LogP) is 3.19. The number of nitrogens with one attached hydrogen (secondary N) is 1. The zero-order chi connectivity index (χ0) is 27.2. The molecule has 0 saturated carbocycles. The number of carbonyl (C=O) groups excluding carboxylic acids is 3. The summed E-state index contributed by atoms with van der Waals surface area (Å²) < 4.78 is 28.5. The highest BCUT2D eigenvalue weighted by molar-refractivity contribution is 7.89. The van der Waals surface area contributed by atoms with E-state index in [1.165, 1.54) is 51.5 Å². The van der Waals surface area contributed by atoms with E-state index >= 15 is 0 Å². The molecule has 38 heavy (non-hydrogen) atoms. The molecule has 3 aromatic rings. The van der Waals surface area contributed by atoms with Crippen molar-refractivity contribution in [2.24, 2.45) is 0 Å². The number of carbonyl (C=O) groups is 3. The summed E-state index contributed by atoms with van der Waals surface area (Å²) in [5, 5.41) is 7.59. The van der Waals surface area contributed by atoms with Gasteiger partial charge in [0.2, 0.25) is 15.9 Å². The van der Waals surface area contributed by atoms with E-state index in [0.717, 1.165) is 23.3 Å². The minimum absolute atomic E-state index is 0.0509. The molecule has 1 aromatic carbocycles. The Hall–Kier alpha value is -3.35. The van der Waals surface area contributed by atoms with Crippen LogP contribution in [-0.4, -0.2) is 64.8 Å². The predicted molar refractivity (Wildman–Crippen MR) is 143 cm³/mol. The van der Waals surface area contributed by atoms with Gasteiger partial charge in [0.25, 0.3) is 11.8 Å². The first kappa shape index (κ1) is 26.3. The van der Waals surface area contributed by atoms with Gasteiger partial charge >= 0.3 is 0 Å². The number of thiophene rings is 1. The third-order valence-corrected chi connectivity index (χ3v) is 10.0. The van der Waals surface area contributed by atoms with Crippen molar-refractivity contribution < 1.29 is 22.8 Å². The van der Waals surface area contributed by atoms with Gasteiger partial charge in [-0.05, 0) is 69.0 Å². The van der Waals surface area contributed by atoms with Gasteiger partial charge in [0, 0.05) is 42.7 Å². The van der Waals surface area contributed by atoms with E-state index < -0.39 is 15.9 Å². The normalized spacial score (nSPS) is 15.9. The molecular formula is C26H29N5O5S2. The summed E-state index contributed by atoms with van der Waals surface area (Å²) in [5.74, 6) is -0.851. The van der Waals surface area contributed by atoms with E-state index in [0.29, 0.717) is 54.6 Å². The Balaban J connectivity index is 1.45. The number of nitrogens with zero attached hydrogens (tertiary/aromatic N) is 4. The van der Waals surface area contributed by atoms with Crippen molar-refractivity contribution in [3.05, 3.63) is 63.3 Å². The summed E-state index contributed by atoms with van der Waals surface area (Å²) in [6.45, 7) is 6.96. The van der Waals surface area contributed by atoms with Gasteiger partial charge in [-0.25, -0.2) is 13.1 Å². The lowest BCUT2D eigenvalue weighted by Gasteiger charge is -2.26. The van der Waals surface area contributed by atoms with Crippen LogP contribution in [0.2, 0.25) is 0 Å². The lowest BCUT2D eigenvalue weighted by molar-refractivity contribution is -0.129. The molecule has 10 nitrogen and oxygen atoms in total. The number of hydrogen-bond acceptors (Lipinski definition) is 7. The van der Waals surface area contributed by atoms with Crippen molar-refractivity contribution in [3.8, 4) is 0 Å². The second kappa shape index (κ2) is 10.1. The first-order valence-corrected chi connectivity index (χ1v) is 14.7. The summed E-state index contributed by atoms with van der Waals surface area (Å²) in [7, 11) is -3.59. The van der Waals surface area contributed by atoms with E-state index in [-0.39, 0.29) is 22.3 Å². The molecule has 0 unspecified atom stereocenters. The number of aryl methyl sites for hydroxylation is 2. The second-order valence-corrected chi connectivity index (χ2v) is 12.7. The maximum absolute atomic E-state index is 13.7. The van der Waals surface area contributed by atoms with Crippen molar-refractivity contribution in [2.45, 2.75) is 51.5 Å². The molecular weight excluding hydrogens is 526 g/mol. The van der Waals surface area contributed by atoms with Gasteiger partial charge < -0.3 is 10.2 Å². The van der Waals surface area contributed by atoms with E-state index in [1.54, 1.807) is 18.7 Å². The molecule has 2 aromatic heterocycles. The van der Waals surface area contributed by atoms with Crippen molar-refractivity contribution in [3.63, 3.8) is 0 Å². The molecule has 0 radical (unpaired) electrons. The molecule has 2 aliphatic rings. The molecule has 12 heteroatoms.